The summed E-state index contributed by atoms with van der Waals surface area (Å²) in [6, 6.07) is 0. The molecule has 1 saturated carbocycles. The van der Waals surface area contributed by atoms with E-state index in [2.05, 4.69) is 24.5 Å². The summed E-state index contributed by atoms with van der Waals surface area (Å²) in [6.07, 6.45) is 3.54. The lowest BCUT2D eigenvalue weighted by Gasteiger charge is -2.31. The monoisotopic (exact) mass is 254 g/mol. The topological polar surface area (TPSA) is 61.4 Å². The number of hydrogen-bond donors (Lipinski definition) is 3. The maximum atomic E-state index is 12.4. The van der Waals surface area contributed by atoms with Gasteiger partial charge in [-0.3, -0.25) is 4.79 Å². The van der Waals surface area contributed by atoms with Crippen molar-refractivity contribution in [2.45, 2.75) is 45.6 Å². The molecule has 0 aromatic heterocycles. The van der Waals surface area contributed by atoms with Gasteiger partial charge in [0.1, 0.15) is 0 Å². The average Bonchev–Trinajstić information content (AvgIpc) is 2.95. The average molecular weight is 254 g/mol. The number of nitrogens with one attached hydrogen (secondary N) is 2. The van der Waals surface area contributed by atoms with E-state index in [0.717, 1.165) is 45.3 Å². The van der Waals surface area contributed by atoms with Crippen LogP contribution in [0.15, 0.2) is 0 Å². The third kappa shape index (κ3) is 2.69. The van der Waals surface area contributed by atoms with Crippen LogP contribution in [-0.2, 0) is 4.79 Å². The summed E-state index contributed by atoms with van der Waals surface area (Å²) in [5, 5.41) is 15.9. The predicted molar refractivity (Wildman–Crippen MR) is 71.1 cm³/mol. The molecule has 0 bridgehead atoms. The number of hydrogen-bond acceptors (Lipinski definition) is 3. The van der Waals surface area contributed by atoms with Crippen LogP contribution in [-0.4, -0.2) is 36.8 Å². The van der Waals surface area contributed by atoms with Crippen LogP contribution < -0.4 is 10.6 Å². The number of carbonyl (C=O) groups is 1. The van der Waals surface area contributed by atoms with E-state index in [-0.39, 0.29) is 17.4 Å². The lowest BCUT2D eigenvalue weighted by Crippen LogP contribution is -2.47. The Hall–Kier alpha value is -0.610. The zero-order valence-electron chi connectivity index (χ0n) is 11.5. The van der Waals surface area contributed by atoms with Crippen molar-refractivity contribution in [2.24, 2.45) is 17.3 Å². The second kappa shape index (κ2) is 5.57. The largest absolute Gasteiger partial charge is 0.393 e. The molecule has 0 spiro atoms. The zero-order valence-corrected chi connectivity index (χ0v) is 11.5. The van der Waals surface area contributed by atoms with Gasteiger partial charge in [0.05, 0.1) is 11.5 Å². The Kier molecular flexibility index (Phi) is 4.28. The Labute approximate surface area is 110 Å². The molecule has 0 aromatic carbocycles. The number of rotatable bonds is 4. The molecule has 2 fully saturated rings. The molecule has 1 saturated heterocycles. The molecule has 18 heavy (non-hydrogen) atoms. The summed E-state index contributed by atoms with van der Waals surface area (Å²) in [4.78, 5) is 12.4. The minimum atomic E-state index is -0.225. The molecular weight excluding hydrogens is 228 g/mol. The Morgan fingerprint density at radius 3 is 2.78 bits per heavy atom. The van der Waals surface area contributed by atoms with E-state index in [9.17, 15) is 9.90 Å². The first kappa shape index (κ1) is 13.8. The van der Waals surface area contributed by atoms with Crippen molar-refractivity contribution in [3.63, 3.8) is 0 Å². The molecular formula is C14H26N2O2. The van der Waals surface area contributed by atoms with Crippen molar-refractivity contribution >= 4 is 5.91 Å². The summed E-state index contributed by atoms with van der Waals surface area (Å²) in [5.41, 5.74) is -0.225. The standard InChI is InChI=1S/C14H26N2O2/c1-10(2)14(5-6-15-9-14)13(18)16-8-11-3-4-12(17)7-11/h10-12,15,17H,3-9H2,1-2H3,(H,16,18). The van der Waals surface area contributed by atoms with E-state index in [4.69, 9.17) is 0 Å². The van der Waals surface area contributed by atoms with Crippen molar-refractivity contribution in [1.29, 1.82) is 0 Å². The van der Waals surface area contributed by atoms with E-state index in [1.807, 2.05) is 0 Å². The molecule has 4 heteroatoms. The van der Waals surface area contributed by atoms with E-state index in [0.29, 0.717) is 11.8 Å². The molecule has 0 radical (unpaired) electrons. The molecule has 0 aromatic rings. The fourth-order valence-electron chi connectivity index (χ4n) is 3.31. The van der Waals surface area contributed by atoms with Crippen LogP contribution in [0.5, 0.6) is 0 Å². The molecule has 1 amide bonds. The van der Waals surface area contributed by atoms with E-state index >= 15 is 0 Å². The molecule has 104 valence electrons. The second-order valence-corrected chi connectivity index (χ2v) is 6.28. The van der Waals surface area contributed by atoms with Crippen LogP contribution in [0.3, 0.4) is 0 Å². The number of aliphatic hydroxyl groups excluding tert-OH is 1. The molecule has 2 rings (SSSR count). The van der Waals surface area contributed by atoms with Crippen LogP contribution in [0.4, 0.5) is 0 Å². The predicted octanol–water partition coefficient (Wildman–Crippen LogP) is 0.899. The Morgan fingerprint density at radius 1 is 1.50 bits per heavy atom. The van der Waals surface area contributed by atoms with Crippen LogP contribution in [0.1, 0.15) is 39.5 Å². The van der Waals surface area contributed by atoms with Gasteiger partial charge in [-0.2, -0.15) is 0 Å². The van der Waals surface area contributed by atoms with Crippen molar-refractivity contribution in [3.8, 4) is 0 Å². The van der Waals surface area contributed by atoms with Gasteiger partial charge >= 0.3 is 0 Å². The van der Waals surface area contributed by atoms with Gasteiger partial charge in [0.15, 0.2) is 0 Å². The Bertz CT molecular complexity index is 298. The van der Waals surface area contributed by atoms with E-state index < -0.39 is 0 Å². The SMILES string of the molecule is CC(C)C1(C(=O)NCC2CCC(O)C2)CCNC1. The molecule has 3 atom stereocenters. The maximum Gasteiger partial charge on any atom is 0.227 e. The lowest BCUT2D eigenvalue weighted by molar-refractivity contribution is -0.132. The van der Waals surface area contributed by atoms with Gasteiger partial charge in [0.25, 0.3) is 0 Å². The summed E-state index contributed by atoms with van der Waals surface area (Å²) in [6.45, 7) is 6.72. The lowest BCUT2D eigenvalue weighted by atomic mass is 9.75. The summed E-state index contributed by atoms with van der Waals surface area (Å²) < 4.78 is 0. The van der Waals surface area contributed by atoms with Gasteiger partial charge < -0.3 is 15.7 Å². The van der Waals surface area contributed by atoms with Gasteiger partial charge in [-0.1, -0.05) is 13.8 Å². The molecule has 3 N–H and O–H groups in total. The maximum absolute atomic E-state index is 12.4. The van der Waals surface area contributed by atoms with Crippen molar-refractivity contribution < 1.29 is 9.90 Å². The molecule has 4 nitrogen and oxygen atoms in total. The van der Waals surface area contributed by atoms with Crippen molar-refractivity contribution in [3.05, 3.63) is 0 Å². The fraction of sp³-hybridized carbons (Fsp3) is 0.929. The second-order valence-electron chi connectivity index (χ2n) is 6.28. The van der Waals surface area contributed by atoms with Crippen LogP contribution in [0.2, 0.25) is 0 Å². The van der Waals surface area contributed by atoms with Gasteiger partial charge in [0.2, 0.25) is 5.91 Å². The summed E-state index contributed by atoms with van der Waals surface area (Å²) >= 11 is 0. The number of carbonyl (C=O) groups excluding carboxylic acids is 1. The van der Waals surface area contributed by atoms with Gasteiger partial charge in [0, 0.05) is 13.1 Å². The Balaban J connectivity index is 1.86. The molecule has 1 heterocycles. The highest BCUT2D eigenvalue weighted by molar-refractivity contribution is 5.83. The molecule has 2 aliphatic rings. The molecule has 1 aliphatic carbocycles. The quantitative estimate of drug-likeness (QED) is 0.698. The van der Waals surface area contributed by atoms with Crippen molar-refractivity contribution in [1.82, 2.24) is 10.6 Å². The van der Waals surface area contributed by atoms with Crippen molar-refractivity contribution in [2.75, 3.05) is 19.6 Å². The van der Waals surface area contributed by atoms with Gasteiger partial charge in [-0.25, -0.2) is 0 Å². The highest BCUT2D eigenvalue weighted by Gasteiger charge is 2.43. The minimum absolute atomic E-state index is 0.154. The Morgan fingerprint density at radius 2 is 2.28 bits per heavy atom. The third-order valence-corrected chi connectivity index (χ3v) is 4.81. The summed E-state index contributed by atoms with van der Waals surface area (Å²) in [7, 11) is 0. The molecule has 1 aliphatic heterocycles. The number of amides is 1. The van der Waals surface area contributed by atoms with Gasteiger partial charge in [-0.15, -0.1) is 0 Å². The first-order chi connectivity index (χ1) is 8.54. The van der Waals surface area contributed by atoms with Crippen LogP contribution >= 0.6 is 0 Å². The van der Waals surface area contributed by atoms with E-state index in [1.165, 1.54) is 0 Å². The highest BCUT2D eigenvalue weighted by atomic mass is 16.3. The smallest absolute Gasteiger partial charge is 0.227 e. The number of aliphatic hydroxyl groups is 1. The van der Waals surface area contributed by atoms with Gasteiger partial charge in [-0.05, 0) is 44.1 Å². The zero-order chi connectivity index (χ0) is 13.2. The third-order valence-electron chi connectivity index (χ3n) is 4.81. The molecule has 3 unspecified atom stereocenters. The first-order valence-electron chi connectivity index (χ1n) is 7.21. The highest BCUT2D eigenvalue weighted by Crippen LogP contribution is 2.34. The minimum Gasteiger partial charge on any atom is -0.393 e. The normalized spacial score (nSPS) is 36.2. The van der Waals surface area contributed by atoms with Crippen LogP contribution in [0.25, 0.3) is 0 Å². The summed E-state index contributed by atoms with van der Waals surface area (Å²) in [5.74, 6) is 1.02. The van der Waals surface area contributed by atoms with Crippen LogP contribution in [0, 0.1) is 17.3 Å². The van der Waals surface area contributed by atoms with E-state index in [1.54, 1.807) is 0 Å². The fourth-order valence-corrected chi connectivity index (χ4v) is 3.31. The first-order valence-corrected chi connectivity index (χ1v) is 7.21.